The molecule has 110 valence electrons. The lowest BCUT2D eigenvalue weighted by Crippen LogP contribution is -2.46. The van der Waals surface area contributed by atoms with Crippen molar-refractivity contribution in [1.82, 2.24) is 15.1 Å². The number of nitrogens with one attached hydrogen (secondary N) is 1. The topological polar surface area (TPSA) is 35.6 Å². The zero-order valence-electron chi connectivity index (χ0n) is 12.5. The molecule has 0 aromatic rings. The van der Waals surface area contributed by atoms with Crippen LogP contribution >= 0.6 is 0 Å². The van der Waals surface area contributed by atoms with Gasteiger partial charge in [0, 0.05) is 26.7 Å². The Bertz CT molecular complexity index is 289. The molecule has 2 fully saturated rings. The van der Waals surface area contributed by atoms with Crippen molar-refractivity contribution in [3.05, 3.63) is 0 Å². The molecular formula is C15H29N3O. The highest BCUT2D eigenvalue weighted by molar-refractivity contribution is 5.74. The van der Waals surface area contributed by atoms with E-state index in [0.29, 0.717) is 5.92 Å². The number of rotatable bonds is 3. The summed E-state index contributed by atoms with van der Waals surface area (Å²) in [6.45, 7) is 7.33. The fourth-order valence-corrected chi connectivity index (χ4v) is 3.25. The van der Waals surface area contributed by atoms with E-state index in [9.17, 15) is 4.79 Å². The van der Waals surface area contributed by atoms with Gasteiger partial charge in [-0.3, -0.25) is 0 Å². The first-order valence-electron chi connectivity index (χ1n) is 7.87. The normalized spacial score (nSPS) is 25.4. The van der Waals surface area contributed by atoms with E-state index >= 15 is 0 Å². The van der Waals surface area contributed by atoms with Crippen LogP contribution in [0.1, 0.15) is 39.0 Å². The summed E-state index contributed by atoms with van der Waals surface area (Å²) in [4.78, 5) is 16.3. The molecule has 4 nitrogen and oxygen atoms in total. The molecule has 19 heavy (non-hydrogen) atoms. The third-order valence-corrected chi connectivity index (χ3v) is 4.59. The van der Waals surface area contributed by atoms with Crippen LogP contribution in [0.15, 0.2) is 0 Å². The van der Waals surface area contributed by atoms with Gasteiger partial charge in [-0.25, -0.2) is 4.79 Å². The van der Waals surface area contributed by atoms with Gasteiger partial charge in [-0.05, 0) is 57.0 Å². The summed E-state index contributed by atoms with van der Waals surface area (Å²) in [5, 5.41) is 3.39. The van der Waals surface area contributed by atoms with Crippen molar-refractivity contribution in [3.63, 3.8) is 0 Å². The molecule has 2 amide bonds. The molecule has 0 aromatic carbocycles. The van der Waals surface area contributed by atoms with Crippen molar-refractivity contribution in [1.29, 1.82) is 0 Å². The van der Waals surface area contributed by atoms with E-state index in [0.717, 1.165) is 51.5 Å². The molecule has 0 aromatic heterocycles. The second-order valence-corrected chi connectivity index (χ2v) is 6.38. The number of hydrogen-bond donors (Lipinski definition) is 1. The number of piperidine rings is 2. The Morgan fingerprint density at radius 3 is 2.74 bits per heavy atom. The quantitative estimate of drug-likeness (QED) is 0.850. The van der Waals surface area contributed by atoms with E-state index in [1.165, 1.54) is 19.3 Å². The summed E-state index contributed by atoms with van der Waals surface area (Å²) in [5.41, 5.74) is 0. The summed E-state index contributed by atoms with van der Waals surface area (Å²) in [5.74, 6) is 1.47. The molecule has 1 unspecified atom stereocenters. The molecule has 0 saturated carbocycles. The Kier molecular flexibility index (Phi) is 5.49. The van der Waals surface area contributed by atoms with Gasteiger partial charge in [0.05, 0.1) is 0 Å². The Morgan fingerprint density at radius 2 is 2.05 bits per heavy atom. The molecule has 0 spiro atoms. The van der Waals surface area contributed by atoms with Crippen molar-refractivity contribution < 1.29 is 4.79 Å². The number of hydrogen-bond acceptors (Lipinski definition) is 2. The summed E-state index contributed by atoms with van der Waals surface area (Å²) in [7, 11) is 1.96. The fraction of sp³-hybridized carbons (Fsp3) is 0.933. The largest absolute Gasteiger partial charge is 0.328 e. The molecule has 4 heteroatoms. The first-order valence-corrected chi connectivity index (χ1v) is 7.87. The first kappa shape index (κ1) is 14.6. The number of carbonyl (C=O) groups is 1. The molecular weight excluding hydrogens is 238 g/mol. The molecule has 0 bridgehead atoms. The van der Waals surface area contributed by atoms with Gasteiger partial charge >= 0.3 is 6.03 Å². The monoisotopic (exact) mass is 267 g/mol. The second-order valence-electron chi connectivity index (χ2n) is 6.38. The zero-order chi connectivity index (χ0) is 13.7. The van der Waals surface area contributed by atoms with Crippen molar-refractivity contribution in [3.8, 4) is 0 Å². The van der Waals surface area contributed by atoms with Crippen LogP contribution in [0.2, 0.25) is 0 Å². The lowest BCUT2D eigenvalue weighted by atomic mass is 9.94. The Morgan fingerprint density at radius 1 is 1.32 bits per heavy atom. The summed E-state index contributed by atoms with van der Waals surface area (Å²) in [6, 6.07) is 0.237. The lowest BCUT2D eigenvalue weighted by molar-refractivity contribution is 0.136. The van der Waals surface area contributed by atoms with Gasteiger partial charge in [0.1, 0.15) is 0 Å². The van der Waals surface area contributed by atoms with Gasteiger partial charge < -0.3 is 15.1 Å². The predicted octanol–water partition coefficient (Wildman–Crippen LogP) is 2.16. The van der Waals surface area contributed by atoms with Crippen LogP contribution in [-0.4, -0.2) is 55.6 Å². The van der Waals surface area contributed by atoms with Crippen molar-refractivity contribution in [2.75, 3.05) is 39.8 Å². The highest BCUT2D eigenvalue weighted by Crippen LogP contribution is 2.19. The molecule has 0 radical (unpaired) electrons. The van der Waals surface area contributed by atoms with Gasteiger partial charge in [0.25, 0.3) is 0 Å². The minimum atomic E-state index is 0.237. The maximum absolute atomic E-state index is 12.4. The van der Waals surface area contributed by atoms with Crippen LogP contribution in [-0.2, 0) is 0 Å². The smallest absolute Gasteiger partial charge is 0.319 e. The van der Waals surface area contributed by atoms with E-state index in [1.807, 2.05) is 16.8 Å². The average Bonchev–Trinajstić information content (AvgIpc) is 2.45. The van der Waals surface area contributed by atoms with Crippen LogP contribution in [0.4, 0.5) is 4.79 Å². The van der Waals surface area contributed by atoms with Gasteiger partial charge in [-0.1, -0.05) is 6.92 Å². The molecule has 2 rings (SSSR count). The third kappa shape index (κ3) is 4.37. The molecule has 0 aliphatic carbocycles. The minimum absolute atomic E-state index is 0.237. The first-order chi connectivity index (χ1) is 9.16. The Hall–Kier alpha value is -0.770. The standard InChI is InChI=1S/C15H29N3O/c1-13-4-3-10-18(12-13)15(19)17(2)11-7-14-5-8-16-9-6-14/h13-14,16H,3-12H2,1-2H3. The fourth-order valence-electron chi connectivity index (χ4n) is 3.25. The number of amides is 2. The third-order valence-electron chi connectivity index (χ3n) is 4.59. The highest BCUT2D eigenvalue weighted by atomic mass is 16.2. The summed E-state index contributed by atoms with van der Waals surface area (Å²) in [6.07, 6.45) is 6.12. The van der Waals surface area contributed by atoms with Crippen LogP contribution in [0.25, 0.3) is 0 Å². The van der Waals surface area contributed by atoms with Crippen LogP contribution in [0.3, 0.4) is 0 Å². The predicted molar refractivity (Wildman–Crippen MR) is 78.2 cm³/mol. The van der Waals surface area contributed by atoms with Crippen molar-refractivity contribution in [2.45, 2.75) is 39.0 Å². The van der Waals surface area contributed by atoms with E-state index in [-0.39, 0.29) is 6.03 Å². The van der Waals surface area contributed by atoms with E-state index in [1.54, 1.807) is 0 Å². The van der Waals surface area contributed by atoms with Gasteiger partial charge in [-0.15, -0.1) is 0 Å². The van der Waals surface area contributed by atoms with E-state index in [4.69, 9.17) is 0 Å². The van der Waals surface area contributed by atoms with Crippen molar-refractivity contribution >= 4 is 6.03 Å². The number of likely N-dealkylation sites (tertiary alicyclic amines) is 1. The Labute approximate surface area is 117 Å². The van der Waals surface area contributed by atoms with Crippen molar-refractivity contribution in [2.24, 2.45) is 11.8 Å². The highest BCUT2D eigenvalue weighted by Gasteiger charge is 2.24. The molecule has 1 N–H and O–H groups in total. The number of urea groups is 1. The maximum atomic E-state index is 12.4. The zero-order valence-corrected chi connectivity index (χ0v) is 12.5. The van der Waals surface area contributed by atoms with Crippen LogP contribution < -0.4 is 5.32 Å². The molecule has 1 atom stereocenters. The SMILES string of the molecule is CC1CCCN(C(=O)N(C)CCC2CCNCC2)C1. The summed E-state index contributed by atoms with van der Waals surface area (Å²) < 4.78 is 0. The molecule has 2 heterocycles. The number of carbonyl (C=O) groups excluding carboxylic acids is 1. The summed E-state index contributed by atoms with van der Waals surface area (Å²) >= 11 is 0. The number of nitrogens with zero attached hydrogens (tertiary/aromatic N) is 2. The molecule has 2 aliphatic heterocycles. The Balaban J connectivity index is 1.72. The average molecular weight is 267 g/mol. The van der Waals surface area contributed by atoms with Gasteiger partial charge in [-0.2, -0.15) is 0 Å². The minimum Gasteiger partial charge on any atom is -0.328 e. The van der Waals surface area contributed by atoms with E-state index in [2.05, 4.69) is 12.2 Å². The second kappa shape index (κ2) is 7.13. The maximum Gasteiger partial charge on any atom is 0.319 e. The van der Waals surface area contributed by atoms with Crippen LogP contribution in [0, 0.1) is 11.8 Å². The van der Waals surface area contributed by atoms with Gasteiger partial charge in [0.2, 0.25) is 0 Å². The van der Waals surface area contributed by atoms with Crippen LogP contribution in [0.5, 0.6) is 0 Å². The van der Waals surface area contributed by atoms with E-state index < -0.39 is 0 Å². The molecule has 2 aliphatic rings. The van der Waals surface area contributed by atoms with Gasteiger partial charge in [0.15, 0.2) is 0 Å². The molecule has 2 saturated heterocycles. The lowest BCUT2D eigenvalue weighted by Gasteiger charge is -2.34.